The van der Waals surface area contributed by atoms with Crippen molar-refractivity contribution in [2.45, 2.75) is 63.3 Å². The van der Waals surface area contributed by atoms with Crippen LogP contribution >= 0.6 is 46.3 Å². The highest BCUT2D eigenvalue weighted by atomic mass is 35.5. The van der Waals surface area contributed by atoms with Gasteiger partial charge in [-0.25, -0.2) is 0 Å². The molecule has 0 saturated carbocycles. The van der Waals surface area contributed by atoms with E-state index in [1.807, 2.05) is 30.4 Å². The summed E-state index contributed by atoms with van der Waals surface area (Å²) < 4.78 is 66.4. The van der Waals surface area contributed by atoms with Gasteiger partial charge in [0.25, 0.3) is 25.2 Å². The van der Waals surface area contributed by atoms with Crippen LogP contribution in [-0.2, 0) is 26.8 Å². The van der Waals surface area contributed by atoms with Crippen molar-refractivity contribution in [3.63, 3.8) is 0 Å². The molecule has 2 heterocycles. The highest BCUT2D eigenvalue weighted by molar-refractivity contribution is 8.04. The molecule has 1 aromatic heterocycles. The molecular weight excluding hydrogens is 659 g/mol. The molecule has 2 aromatic rings. The average Bonchev–Trinajstić information content (AvgIpc) is 3.39. The van der Waals surface area contributed by atoms with E-state index in [9.17, 15) is 16.8 Å². The standard InChI is InChI=1S/C28H34Cl2N2O6S4/c1-2-7-20(16-27-31(12-3-5-14-41(33,34)35)23-18-21(29)8-10-25(23)39-27)17-28-32(13-4-6-15-42(36,37)38)24-19-22(30)9-11-26(24)40-28/h8-11,16-19,23,25H,2-7,12-15H2,1H3,(H-,33,34,35,36,37,38)/p+1. The normalized spacial score (nSPS) is 20.5. The van der Waals surface area contributed by atoms with E-state index < -0.39 is 20.2 Å². The van der Waals surface area contributed by atoms with Gasteiger partial charge in [0.2, 0.25) is 5.52 Å². The topological polar surface area (TPSA) is 116 Å². The molecule has 1 aromatic carbocycles. The Hall–Kier alpha value is -1.38. The van der Waals surface area contributed by atoms with Crippen LogP contribution < -0.4 is 4.57 Å². The number of aryl methyl sites for hydroxylation is 1. The van der Waals surface area contributed by atoms with Crippen molar-refractivity contribution in [3.05, 3.63) is 68.2 Å². The average molecular weight is 695 g/mol. The second-order valence-corrected chi connectivity index (χ2v) is 16.6. The Morgan fingerprint density at radius 3 is 2.48 bits per heavy atom. The number of benzene rings is 1. The van der Waals surface area contributed by atoms with Crippen LogP contribution in [0.15, 0.2) is 58.1 Å². The predicted molar refractivity (Wildman–Crippen MR) is 174 cm³/mol. The van der Waals surface area contributed by atoms with E-state index >= 15 is 0 Å². The van der Waals surface area contributed by atoms with Gasteiger partial charge in [0.1, 0.15) is 4.70 Å². The van der Waals surface area contributed by atoms with Gasteiger partial charge in [0, 0.05) is 35.2 Å². The summed E-state index contributed by atoms with van der Waals surface area (Å²) in [4.78, 5) is 2.27. The third kappa shape index (κ3) is 9.56. The molecule has 2 N–H and O–H groups in total. The Morgan fingerprint density at radius 1 is 1.07 bits per heavy atom. The summed E-state index contributed by atoms with van der Waals surface area (Å²) in [6, 6.07) is 5.81. The molecular formula is C28H35Cl2N2O6S4+. The lowest BCUT2D eigenvalue weighted by Gasteiger charge is -2.28. The number of unbranched alkanes of at least 4 members (excludes halogenated alkanes) is 2. The molecule has 0 bridgehead atoms. The third-order valence-electron chi connectivity index (χ3n) is 6.95. The lowest BCUT2D eigenvalue weighted by molar-refractivity contribution is -0.669. The van der Waals surface area contributed by atoms with Gasteiger partial charge >= 0.3 is 0 Å². The maximum absolute atomic E-state index is 11.2. The van der Waals surface area contributed by atoms with Crippen molar-refractivity contribution in [2.24, 2.45) is 0 Å². The summed E-state index contributed by atoms with van der Waals surface area (Å²) in [5.41, 5.74) is 2.10. The Labute approximate surface area is 266 Å². The van der Waals surface area contributed by atoms with Gasteiger partial charge in [-0.1, -0.05) is 65.7 Å². The summed E-state index contributed by atoms with van der Waals surface area (Å²) in [5.74, 6) is -0.542. The molecule has 1 aliphatic carbocycles. The fraction of sp³-hybridized carbons (Fsp3) is 0.464. The van der Waals surface area contributed by atoms with Crippen LogP contribution in [0.1, 0.15) is 50.5 Å². The first-order chi connectivity index (χ1) is 19.8. The molecule has 230 valence electrons. The van der Waals surface area contributed by atoms with Crippen molar-refractivity contribution < 1.29 is 30.5 Å². The summed E-state index contributed by atoms with van der Waals surface area (Å²) in [6.07, 6.45) is 14.1. The number of nitrogens with zero attached hydrogens (tertiary/aromatic N) is 2. The van der Waals surface area contributed by atoms with E-state index in [0.717, 1.165) is 38.7 Å². The van der Waals surface area contributed by atoms with Crippen molar-refractivity contribution in [1.29, 1.82) is 0 Å². The minimum absolute atomic E-state index is 0.0477. The van der Waals surface area contributed by atoms with Gasteiger partial charge in [0.05, 0.1) is 27.8 Å². The van der Waals surface area contributed by atoms with Crippen LogP contribution in [-0.4, -0.2) is 60.2 Å². The van der Waals surface area contributed by atoms with Gasteiger partial charge in [-0.2, -0.15) is 21.4 Å². The molecule has 2 unspecified atom stereocenters. The number of halogens is 2. The smallest absolute Gasteiger partial charge is 0.264 e. The van der Waals surface area contributed by atoms with E-state index in [1.165, 1.54) is 0 Å². The van der Waals surface area contributed by atoms with Gasteiger partial charge in [0.15, 0.2) is 6.54 Å². The highest BCUT2D eigenvalue weighted by Crippen LogP contribution is 2.44. The van der Waals surface area contributed by atoms with Gasteiger partial charge in [-0.15, -0.1) is 0 Å². The molecule has 42 heavy (non-hydrogen) atoms. The number of hydrogen-bond donors (Lipinski definition) is 2. The molecule has 8 nitrogen and oxygen atoms in total. The molecule has 1 fully saturated rings. The Bertz CT molecular complexity index is 1630. The number of allylic oxidation sites excluding steroid dienone is 4. The van der Waals surface area contributed by atoms with E-state index in [1.54, 1.807) is 23.1 Å². The molecule has 0 radical (unpaired) electrons. The van der Waals surface area contributed by atoms with Gasteiger partial charge in [-0.3, -0.25) is 9.11 Å². The predicted octanol–water partition coefficient (Wildman–Crippen LogP) is 6.68. The first-order valence-corrected chi connectivity index (χ1v) is 19.4. The fourth-order valence-corrected chi connectivity index (χ4v) is 9.07. The monoisotopic (exact) mass is 693 g/mol. The molecule has 1 aliphatic heterocycles. The number of thiazole rings is 1. The molecule has 4 rings (SSSR count). The van der Waals surface area contributed by atoms with Gasteiger partial charge < -0.3 is 4.90 Å². The largest absolute Gasteiger partial charge is 0.358 e. The Morgan fingerprint density at radius 2 is 1.79 bits per heavy atom. The summed E-state index contributed by atoms with van der Waals surface area (Å²) in [5, 5.41) is 3.56. The second-order valence-electron chi connectivity index (χ2n) is 10.3. The van der Waals surface area contributed by atoms with E-state index in [4.69, 9.17) is 32.3 Å². The molecule has 0 spiro atoms. The molecule has 1 saturated heterocycles. The molecule has 2 aliphatic rings. The van der Waals surface area contributed by atoms with Crippen LogP contribution in [0.25, 0.3) is 16.3 Å². The summed E-state index contributed by atoms with van der Waals surface area (Å²) in [7, 11) is -8.02. The number of aromatic nitrogens is 1. The number of rotatable bonds is 14. The van der Waals surface area contributed by atoms with Crippen molar-refractivity contribution in [1.82, 2.24) is 4.90 Å². The number of fused-ring (bicyclic) bond motifs is 2. The zero-order chi connectivity index (χ0) is 30.5. The first kappa shape index (κ1) is 33.5. The van der Waals surface area contributed by atoms with Crippen LogP contribution in [0.5, 0.6) is 0 Å². The molecule has 2 atom stereocenters. The van der Waals surface area contributed by atoms with Crippen molar-refractivity contribution in [2.75, 3.05) is 18.1 Å². The second kappa shape index (κ2) is 14.6. The minimum Gasteiger partial charge on any atom is -0.358 e. The maximum Gasteiger partial charge on any atom is 0.264 e. The van der Waals surface area contributed by atoms with Crippen LogP contribution in [0, 0.1) is 0 Å². The number of thioether (sulfide) groups is 1. The van der Waals surface area contributed by atoms with E-state index in [0.29, 0.717) is 48.8 Å². The number of hydrogen-bond acceptors (Lipinski definition) is 7. The zero-order valence-electron chi connectivity index (χ0n) is 23.2. The quantitative estimate of drug-likeness (QED) is 0.128. The van der Waals surface area contributed by atoms with Crippen molar-refractivity contribution in [3.8, 4) is 0 Å². The summed E-state index contributed by atoms with van der Waals surface area (Å²) >= 11 is 16.1. The lowest BCUT2D eigenvalue weighted by atomic mass is 10.1. The fourth-order valence-electron chi connectivity index (χ4n) is 5.05. The van der Waals surface area contributed by atoms with E-state index in [2.05, 4.69) is 34.6 Å². The Balaban J connectivity index is 1.66. The Kier molecular flexibility index (Phi) is 11.6. The highest BCUT2D eigenvalue weighted by Gasteiger charge is 2.36. The SMILES string of the molecule is CCCC(=C/c1sc2ccc(Cl)cc2[n+]1CCCCS(=O)(=O)O)/C=C1/SC2C=CC(Cl)=CC2N1CCCCS(=O)(=O)O. The van der Waals surface area contributed by atoms with Crippen LogP contribution in [0.4, 0.5) is 0 Å². The zero-order valence-corrected chi connectivity index (χ0v) is 27.9. The van der Waals surface area contributed by atoms with Crippen molar-refractivity contribution >= 4 is 82.8 Å². The maximum atomic E-state index is 11.2. The van der Waals surface area contributed by atoms with Crippen LogP contribution in [0.3, 0.4) is 0 Å². The van der Waals surface area contributed by atoms with Crippen LogP contribution in [0.2, 0.25) is 5.02 Å². The minimum atomic E-state index is -4.01. The first-order valence-electron chi connectivity index (χ1n) is 13.8. The summed E-state index contributed by atoms with van der Waals surface area (Å²) in [6.45, 7) is 3.32. The lowest BCUT2D eigenvalue weighted by Crippen LogP contribution is -2.35. The third-order valence-corrected chi connectivity index (χ3v) is 11.5. The molecule has 0 amide bonds. The van der Waals surface area contributed by atoms with E-state index in [-0.39, 0.29) is 22.8 Å². The molecule has 14 heteroatoms. The van der Waals surface area contributed by atoms with Gasteiger partial charge in [-0.05, 0) is 61.6 Å².